The summed E-state index contributed by atoms with van der Waals surface area (Å²) in [5.41, 5.74) is 1.88. The minimum atomic E-state index is -0.368. The van der Waals surface area contributed by atoms with Gasteiger partial charge >= 0.3 is 0 Å². The second-order valence-corrected chi connectivity index (χ2v) is 10.1. The van der Waals surface area contributed by atoms with Crippen LogP contribution in [0.2, 0.25) is 0 Å². The van der Waals surface area contributed by atoms with Crippen LogP contribution in [-0.4, -0.2) is 58.1 Å². The van der Waals surface area contributed by atoms with E-state index < -0.39 is 0 Å². The fourth-order valence-corrected chi connectivity index (χ4v) is 4.87. The van der Waals surface area contributed by atoms with E-state index in [1.165, 1.54) is 18.9 Å². The highest BCUT2D eigenvalue weighted by Gasteiger charge is 2.20. The van der Waals surface area contributed by atoms with Crippen LogP contribution in [0.1, 0.15) is 62.2 Å². The molecule has 0 radical (unpaired) electrons. The first-order valence-corrected chi connectivity index (χ1v) is 14.1. The molecule has 0 spiro atoms. The summed E-state index contributed by atoms with van der Waals surface area (Å²) in [6, 6.07) is 11.6. The van der Waals surface area contributed by atoms with Gasteiger partial charge in [-0.15, -0.1) is 0 Å². The molecule has 2 amide bonds. The second-order valence-electron chi connectivity index (χ2n) is 10.1. The molecule has 2 aliphatic rings. The number of hydrogen-bond donors (Lipinski definition) is 4. The Labute approximate surface area is 234 Å². The average molecular weight is 545 g/mol. The molecule has 1 aromatic heterocycles. The van der Waals surface area contributed by atoms with Crippen LogP contribution >= 0.6 is 0 Å². The molecular formula is C29H36N8O3. The molecule has 2 saturated heterocycles. The minimum Gasteiger partial charge on any atom is -0.506 e. The zero-order valence-electron chi connectivity index (χ0n) is 22.8. The second kappa shape index (κ2) is 12.6. The summed E-state index contributed by atoms with van der Waals surface area (Å²) in [7, 11) is 0. The number of phenolic OH excluding ortho intramolecular Hbond substituents is 1. The van der Waals surface area contributed by atoms with E-state index in [0.717, 1.165) is 57.5 Å². The molecule has 0 aliphatic carbocycles. The van der Waals surface area contributed by atoms with Crippen molar-refractivity contribution in [1.82, 2.24) is 15.0 Å². The first kappa shape index (κ1) is 27.2. The van der Waals surface area contributed by atoms with Crippen molar-refractivity contribution in [2.24, 2.45) is 0 Å². The SMILES string of the molecule is CCC(=O)Nc1ccc(NC(=O)c2ccc(Nc3nc(N4CCCCC4)nc(N4CCCCC4)n3)cc2)c(O)c1. The summed E-state index contributed by atoms with van der Waals surface area (Å²) >= 11 is 0. The summed E-state index contributed by atoms with van der Waals surface area (Å²) in [4.78, 5) is 43.2. The maximum absolute atomic E-state index is 12.8. The molecule has 3 aromatic rings. The van der Waals surface area contributed by atoms with Gasteiger partial charge in [-0.2, -0.15) is 15.0 Å². The van der Waals surface area contributed by atoms with Crippen LogP contribution in [-0.2, 0) is 4.79 Å². The summed E-state index contributed by atoms with van der Waals surface area (Å²) in [5.74, 6) is 1.22. The Kier molecular flexibility index (Phi) is 8.58. The minimum absolute atomic E-state index is 0.135. The zero-order valence-corrected chi connectivity index (χ0v) is 22.8. The van der Waals surface area contributed by atoms with E-state index in [9.17, 15) is 14.7 Å². The lowest BCUT2D eigenvalue weighted by Gasteiger charge is -2.30. The van der Waals surface area contributed by atoms with Crippen molar-refractivity contribution in [3.05, 3.63) is 48.0 Å². The number of aromatic hydroxyl groups is 1. The fourth-order valence-electron chi connectivity index (χ4n) is 4.87. The normalized spacial score (nSPS) is 15.4. The molecule has 0 saturated carbocycles. The van der Waals surface area contributed by atoms with Crippen LogP contribution in [0.15, 0.2) is 42.5 Å². The third kappa shape index (κ3) is 6.77. The molecule has 4 N–H and O–H groups in total. The Morgan fingerprint density at radius 2 is 1.35 bits per heavy atom. The molecule has 2 aliphatic heterocycles. The van der Waals surface area contributed by atoms with Gasteiger partial charge in [-0.3, -0.25) is 9.59 Å². The number of nitrogens with zero attached hydrogens (tertiary/aromatic N) is 5. The first-order chi connectivity index (χ1) is 19.5. The van der Waals surface area contributed by atoms with E-state index in [-0.39, 0.29) is 23.3 Å². The van der Waals surface area contributed by atoms with Crippen LogP contribution in [0.5, 0.6) is 5.75 Å². The van der Waals surface area contributed by atoms with E-state index in [4.69, 9.17) is 15.0 Å². The lowest BCUT2D eigenvalue weighted by Crippen LogP contribution is -2.34. The quantitative estimate of drug-likeness (QED) is 0.292. The lowest BCUT2D eigenvalue weighted by atomic mass is 10.1. The molecule has 3 heterocycles. The number of nitrogens with one attached hydrogen (secondary N) is 3. The number of benzene rings is 2. The van der Waals surface area contributed by atoms with Crippen LogP contribution < -0.4 is 25.8 Å². The van der Waals surface area contributed by atoms with Crippen molar-refractivity contribution in [2.75, 3.05) is 51.9 Å². The molecule has 40 heavy (non-hydrogen) atoms. The number of rotatable bonds is 8. The van der Waals surface area contributed by atoms with Gasteiger partial charge in [-0.25, -0.2) is 0 Å². The first-order valence-electron chi connectivity index (χ1n) is 14.1. The van der Waals surface area contributed by atoms with Crippen LogP contribution in [0.25, 0.3) is 0 Å². The van der Waals surface area contributed by atoms with Gasteiger partial charge in [0.25, 0.3) is 5.91 Å². The smallest absolute Gasteiger partial charge is 0.255 e. The summed E-state index contributed by atoms with van der Waals surface area (Å²) in [5, 5.41) is 19.0. The highest BCUT2D eigenvalue weighted by molar-refractivity contribution is 6.05. The number of aromatic nitrogens is 3. The molecule has 0 atom stereocenters. The Bertz CT molecular complexity index is 1300. The molecular weight excluding hydrogens is 508 g/mol. The van der Waals surface area contributed by atoms with Crippen LogP contribution in [0, 0.1) is 0 Å². The Hall–Kier alpha value is -4.41. The van der Waals surface area contributed by atoms with E-state index in [1.54, 1.807) is 43.3 Å². The average Bonchev–Trinajstić information content (AvgIpc) is 2.99. The van der Waals surface area contributed by atoms with Crippen molar-refractivity contribution in [3.63, 3.8) is 0 Å². The third-order valence-corrected chi connectivity index (χ3v) is 7.14. The molecule has 11 heteroatoms. The largest absolute Gasteiger partial charge is 0.506 e. The van der Waals surface area contributed by atoms with E-state index in [0.29, 0.717) is 35.5 Å². The summed E-state index contributed by atoms with van der Waals surface area (Å²) < 4.78 is 0. The standard InChI is InChI=1S/C29H36N8O3/c1-2-25(39)30-22-13-14-23(24(38)19-22)32-26(40)20-9-11-21(12-10-20)31-27-33-28(36-15-5-3-6-16-36)35-29(34-27)37-17-7-4-8-18-37/h9-14,19,38H,2-8,15-18H2,1H3,(H,30,39)(H,32,40)(H,31,33,34,35). The number of carbonyl (C=O) groups is 2. The molecule has 11 nitrogen and oxygen atoms in total. The predicted molar refractivity (Wildman–Crippen MR) is 157 cm³/mol. The number of carbonyl (C=O) groups excluding carboxylic acids is 2. The Morgan fingerprint density at radius 3 is 1.90 bits per heavy atom. The summed E-state index contributed by atoms with van der Waals surface area (Å²) in [6.07, 6.45) is 7.32. The molecule has 210 valence electrons. The lowest BCUT2D eigenvalue weighted by molar-refractivity contribution is -0.115. The number of amides is 2. The highest BCUT2D eigenvalue weighted by atomic mass is 16.3. The number of piperidine rings is 2. The van der Waals surface area contributed by atoms with Gasteiger partial charge in [0.1, 0.15) is 5.75 Å². The summed E-state index contributed by atoms with van der Waals surface area (Å²) in [6.45, 7) is 5.52. The number of anilines is 6. The van der Waals surface area contributed by atoms with Crippen molar-refractivity contribution in [3.8, 4) is 5.75 Å². The van der Waals surface area contributed by atoms with E-state index in [2.05, 4.69) is 25.8 Å². The Morgan fingerprint density at radius 1 is 0.775 bits per heavy atom. The topological polar surface area (TPSA) is 136 Å². The molecule has 2 aromatic carbocycles. The Balaban J connectivity index is 1.28. The van der Waals surface area contributed by atoms with Crippen molar-refractivity contribution in [2.45, 2.75) is 51.9 Å². The number of phenols is 1. The maximum Gasteiger partial charge on any atom is 0.255 e. The van der Waals surface area contributed by atoms with Crippen LogP contribution in [0.3, 0.4) is 0 Å². The van der Waals surface area contributed by atoms with Crippen molar-refractivity contribution in [1.29, 1.82) is 0 Å². The maximum atomic E-state index is 12.8. The van der Waals surface area contributed by atoms with Gasteiger partial charge in [0.05, 0.1) is 5.69 Å². The highest BCUT2D eigenvalue weighted by Crippen LogP contribution is 2.28. The molecule has 2 fully saturated rings. The molecule has 5 rings (SSSR count). The molecule has 0 unspecified atom stereocenters. The fraction of sp³-hybridized carbons (Fsp3) is 0.414. The van der Waals surface area contributed by atoms with Gasteiger partial charge in [0.15, 0.2) is 0 Å². The van der Waals surface area contributed by atoms with Crippen molar-refractivity contribution < 1.29 is 14.7 Å². The van der Waals surface area contributed by atoms with Gasteiger partial charge in [-0.05, 0) is 74.9 Å². The molecule has 0 bridgehead atoms. The van der Waals surface area contributed by atoms with Gasteiger partial charge in [0, 0.05) is 55.6 Å². The predicted octanol–water partition coefficient (Wildman–Crippen LogP) is 4.90. The third-order valence-electron chi connectivity index (χ3n) is 7.14. The van der Waals surface area contributed by atoms with Gasteiger partial charge in [0.2, 0.25) is 23.8 Å². The van der Waals surface area contributed by atoms with Gasteiger partial charge in [-0.1, -0.05) is 6.92 Å². The van der Waals surface area contributed by atoms with E-state index in [1.807, 2.05) is 0 Å². The van der Waals surface area contributed by atoms with Gasteiger partial charge < -0.3 is 30.9 Å². The monoisotopic (exact) mass is 544 g/mol. The number of hydrogen-bond acceptors (Lipinski definition) is 9. The van der Waals surface area contributed by atoms with Crippen LogP contribution in [0.4, 0.5) is 34.9 Å². The zero-order chi connectivity index (χ0) is 27.9. The van der Waals surface area contributed by atoms with Crippen molar-refractivity contribution >= 4 is 46.7 Å². The van der Waals surface area contributed by atoms with E-state index >= 15 is 0 Å².